The van der Waals surface area contributed by atoms with Gasteiger partial charge in [0.1, 0.15) is 5.82 Å². The van der Waals surface area contributed by atoms with E-state index in [2.05, 4.69) is 36.0 Å². The van der Waals surface area contributed by atoms with Crippen LogP contribution in [0.15, 0.2) is 27.7 Å². The number of hydrogen-bond donors (Lipinski definition) is 1. The third-order valence-electron chi connectivity index (χ3n) is 4.58. The van der Waals surface area contributed by atoms with Crippen LogP contribution >= 0.6 is 39.9 Å². The van der Waals surface area contributed by atoms with E-state index in [4.69, 9.17) is 4.74 Å². The number of benzene rings is 1. The zero-order valence-corrected chi connectivity index (χ0v) is 20.1. The van der Waals surface area contributed by atoms with Crippen molar-refractivity contribution in [3.8, 4) is 0 Å². The van der Waals surface area contributed by atoms with Gasteiger partial charge in [0, 0.05) is 60.0 Å². The molecule has 0 bridgehead atoms. The molecule has 5 nitrogen and oxygen atoms in total. The number of nitrogens with one attached hydrogen (secondary N) is 1. The van der Waals surface area contributed by atoms with Crippen LogP contribution in [0.5, 0.6) is 0 Å². The molecule has 1 saturated heterocycles. The van der Waals surface area contributed by atoms with Crippen LogP contribution in [0.2, 0.25) is 0 Å². The standard InChI is InChI=1S/C19H30BrFN4O.HI/c1-22-19(23-8-4-3-5-13-26-2)25-11-9-24(10-12-25)15-16-6-7-17(20)18(21)14-16;/h6-7,14H,3-5,8-13,15H2,1-2H3,(H,22,23);1H. The largest absolute Gasteiger partial charge is 0.385 e. The van der Waals surface area contributed by atoms with E-state index in [0.717, 1.165) is 76.7 Å². The van der Waals surface area contributed by atoms with E-state index < -0.39 is 0 Å². The lowest BCUT2D eigenvalue weighted by Gasteiger charge is -2.36. The average molecular weight is 557 g/mol. The monoisotopic (exact) mass is 556 g/mol. The van der Waals surface area contributed by atoms with E-state index in [0.29, 0.717) is 4.47 Å². The number of piperazine rings is 1. The van der Waals surface area contributed by atoms with Gasteiger partial charge in [-0.15, -0.1) is 24.0 Å². The van der Waals surface area contributed by atoms with Crippen molar-refractivity contribution >= 4 is 45.9 Å². The van der Waals surface area contributed by atoms with Crippen molar-refractivity contribution in [2.75, 3.05) is 53.5 Å². The molecule has 1 aromatic carbocycles. The molecule has 8 heteroatoms. The number of ether oxygens (including phenoxy) is 1. The lowest BCUT2D eigenvalue weighted by molar-refractivity contribution is 0.172. The number of halogens is 3. The lowest BCUT2D eigenvalue weighted by Crippen LogP contribution is -2.52. The summed E-state index contributed by atoms with van der Waals surface area (Å²) in [6.07, 6.45) is 3.39. The van der Waals surface area contributed by atoms with Crippen molar-refractivity contribution in [2.24, 2.45) is 4.99 Å². The number of aliphatic imine (C=N–C) groups is 1. The van der Waals surface area contributed by atoms with Gasteiger partial charge in [-0.1, -0.05) is 6.07 Å². The topological polar surface area (TPSA) is 40.1 Å². The minimum atomic E-state index is -0.198. The Hall–Kier alpha value is -0.450. The molecule has 2 rings (SSSR count). The summed E-state index contributed by atoms with van der Waals surface area (Å²) in [5.41, 5.74) is 1.01. The number of methoxy groups -OCH3 is 1. The van der Waals surface area contributed by atoms with Gasteiger partial charge in [0.25, 0.3) is 0 Å². The lowest BCUT2D eigenvalue weighted by atomic mass is 10.2. The molecule has 1 heterocycles. The Bertz CT molecular complexity index is 583. The van der Waals surface area contributed by atoms with Crippen LogP contribution in [-0.2, 0) is 11.3 Å². The van der Waals surface area contributed by atoms with Crippen molar-refractivity contribution in [1.29, 1.82) is 0 Å². The predicted molar refractivity (Wildman–Crippen MR) is 123 cm³/mol. The number of guanidine groups is 1. The second-order valence-corrected chi connectivity index (χ2v) is 7.39. The summed E-state index contributed by atoms with van der Waals surface area (Å²) in [5, 5.41) is 3.46. The molecule has 1 aliphatic rings. The molecule has 0 saturated carbocycles. The van der Waals surface area contributed by atoms with Crippen LogP contribution < -0.4 is 5.32 Å². The van der Waals surface area contributed by atoms with Crippen LogP contribution in [0.1, 0.15) is 24.8 Å². The maximum absolute atomic E-state index is 13.7. The number of hydrogen-bond acceptors (Lipinski definition) is 3. The van der Waals surface area contributed by atoms with E-state index in [1.807, 2.05) is 13.1 Å². The van der Waals surface area contributed by atoms with Gasteiger partial charge in [0.05, 0.1) is 4.47 Å². The summed E-state index contributed by atoms with van der Waals surface area (Å²) in [6.45, 7) is 6.32. The van der Waals surface area contributed by atoms with Crippen molar-refractivity contribution in [3.05, 3.63) is 34.1 Å². The highest BCUT2D eigenvalue weighted by atomic mass is 127. The summed E-state index contributed by atoms with van der Waals surface area (Å²) < 4.78 is 19.2. The summed E-state index contributed by atoms with van der Waals surface area (Å²) >= 11 is 3.20. The molecule has 154 valence electrons. The Morgan fingerprint density at radius 3 is 2.59 bits per heavy atom. The van der Waals surface area contributed by atoms with Gasteiger partial charge in [-0.2, -0.15) is 0 Å². The highest BCUT2D eigenvalue weighted by molar-refractivity contribution is 14.0. The van der Waals surface area contributed by atoms with Gasteiger partial charge in [0.2, 0.25) is 0 Å². The molecule has 0 aliphatic carbocycles. The molecular weight excluding hydrogens is 526 g/mol. The highest BCUT2D eigenvalue weighted by Gasteiger charge is 2.19. The zero-order chi connectivity index (χ0) is 18.8. The SMILES string of the molecule is CN=C(NCCCCCOC)N1CCN(Cc2ccc(Br)c(F)c2)CC1.I. The van der Waals surface area contributed by atoms with Crippen LogP contribution in [0.25, 0.3) is 0 Å². The molecule has 0 amide bonds. The predicted octanol–water partition coefficient (Wildman–Crippen LogP) is 3.72. The van der Waals surface area contributed by atoms with E-state index in [1.165, 1.54) is 0 Å². The second kappa shape index (κ2) is 13.7. The van der Waals surface area contributed by atoms with Gasteiger partial charge in [0.15, 0.2) is 5.96 Å². The van der Waals surface area contributed by atoms with Gasteiger partial charge in [-0.3, -0.25) is 9.89 Å². The van der Waals surface area contributed by atoms with Gasteiger partial charge in [-0.05, 0) is 52.9 Å². The fraction of sp³-hybridized carbons (Fsp3) is 0.632. The van der Waals surface area contributed by atoms with Crippen molar-refractivity contribution in [3.63, 3.8) is 0 Å². The maximum atomic E-state index is 13.7. The van der Waals surface area contributed by atoms with Crippen molar-refractivity contribution in [2.45, 2.75) is 25.8 Å². The van der Waals surface area contributed by atoms with E-state index >= 15 is 0 Å². The summed E-state index contributed by atoms with van der Waals surface area (Å²) in [5.74, 6) is 0.780. The van der Waals surface area contributed by atoms with Crippen LogP contribution in [0.3, 0.4) is 0 Å². The maximum Gasteiger partial charge on any atom is 0.193 e. The fourth-order valence-electron chi connectivity index (χ4n) is 3.09. The molecule has 1 aliphatic heterocycles. The molecule has 0 aromatic heterocycles. The molecular formula is C19H31BrFIN4O. The second-order valence-electron chi connectivity index (χ2n) is 6.54. The van der Waals surface area contributed by atoms with Gasteiger partial charge in [-0.25, -0.2) is 4.39 Å². The van der Waals surface area contributed by atoms with Crippen LogP contribution in [-0.4, -0.2) is 69.2 Å². The third-order valence-corrected chi connectivity index (χ3v) is 5.23. The Balaban J connectivity index is 0.00000364. The molecule has 27 heavy (non-hydrogen) atoms. The molecule has 0 spiro atoms. The molecule has 0 atom stereocenters. The van der Waals surface area contributed by atoms with E-state index in [1.54, 1.807) is 19.2 Å². The van der Waals surface area contributed by atoms with Crippen LogP contribution in [0.4, 0.5) is 4.39 Å². The normalized spacial score (nSPS) is 15.6. The summed E-state index contributed by atoms with van der Waals surface area (Å²) in [4.78, 5) is 9.07. The van der Waals surface area contributed by atoms with E-state index in [-0.39, 0.29) is 29.8 Å². The first-order valence-corrected chi connectivity index (χ1v) is 10.0. The van der Waals surface area contributed by atoms with Gasteiger partial charge < -0.3 is 15.0 Å². The summed E-state index contributed by atoms with van der Waals surface area (Å²) in [7, 11) is 3.58. The summed E-state index contributed by atoms with van der Waals surface area (Å²) in [6, 6.07) is 5.36. The number of unbranched alkanes of at least 4 members (excludes halogenated alkanes) is 2. The quantitative estimate of drug-likeness (QED) is 0.229. The molecule has 0 radical (unpaired) electrons. The third kappa shape index (κ3) is 8.62. The smallest absolute Gasteiger partial charge is 0.193 e. The number of rotatable bonds is 8. The molecule has 0 unspecified atom stereocenters. The number of nitrogens with zero attached hydrogens (tertiary/aromatic N) is 3. The Kier molecular flexibility index (Phi) is 12.5. The van der Waals surface area contributed by atoms with Crippen molar-refractivity contribution < 1.29 is 9.13 Å². The Labute approximate surface area is 187 Å². The zero-order valence-electron chi connectivity index (χ0n) is 16.2. The first-order chi connectivity index (χ1) is 12.6. The molecule has 1 fully saturated rings. The fourth-order valence-corrected chi connectivity index (χ4v) is 3.34. The first kappa shape index (κ1) is 24.6. The first-order valence-electron chi connectivity index (χ1n) is 9.25. The van der Waals surface area contributed by atoms with E-state index in [9.17, 15) is 4.39 Å². The minimum Gasteiger partial charge on any atom is -0.385 e. The Morgan fingerprint density at radius 1 is 1.22 bits per heavy atom. The van der Waals surface area contributed by atoms with Crippen molar-refractivity contribution in [1.82, 2.24) is 15.1 Å². The Morgan fingerprint density at radius 2 is 1.96 bits per heavy atom. The molecule has 1 aromatic rings. The average Bonchev–Trinajstić information content (AvgIpc) is 2.65. The minimum absolute atomic E-state index is 0. The molecule has 1 N–H and O–H groups in total. The highest BCUT2D eigenvalue weighted by Crippen LogP contribution is 2.18. The van der Waals surface area contributed by atoms with Gasteiger partial charge >= 0.3 is 0 Å². The van der Waals surface area contributed by atoms with Crippen LogP contribution in [0, 0.1) is 5.82 Å².